The summed E-state index contributed by atoms with van der Waals surface area (Å²) in [6.45, 7) is 6.90. The Morgan fingerprint density at radius 3 is 2.56 bits per heavy atom. The molecule has 6 heteroatoms. The minimum absolute atomic E-state index is 0.136. The van der Waals surface area contributed by atoms with Gasteiger partial charge in [-0.05, 0) is 49.9 Å². The molecule has 0 aliphatic rings. The largest absolute Gasteiger partial charge is 0.491 e. The SMILES string of the molecule is Cc1cc(-c2cc(C(F)F)c(OCC(C)CC(C)CN)cn2)ccn1. The van der Waals surface area contributed by atoms with Crippen molar-refractivity contribution in [3.8, 4) is 17.0 Å². The van der Waals surface area contributed by atoms with Crippen molar-refractivity contribution in [3.63, 3.8) is 0 Å². The Morgan fingerprint density at radius 2 is 1.92 bits per heavy atom. The zero-order valence-electron chi connectivity index (χ0n) is 14.9. The average Bonchev–Trinajstić information content (AvgIpc) is 2.59. The highest BCUT2D eigenvalue weighted by Crippen LogP contribution is 2.32. The van der Waals surface area contributed by atoms with E-state index in [9.17, 15) is 8.78 Å². The molecule has 136 valence electrons. The van der Waals surface area contributed by atoms with Crippen LogP contribution in [0.25, 0.3) is 11.3 Å². The summed E-state index contributed by atoms with van der Waals surface area (Å²) in [4.78, 5) is 8.39. The van der Waals surface area contributed by atoms with Gasteiger partial charge in [0.1, 0.15) is 5.75 Å². The summed E-state index contributed by atoms with van der Waals surface area (Å²) >= 11 is 0. The molecular weight excluding hydrogens is 324 g/mol. The van der Waals surface area contributed by atoms with E-state index in [1.165, 1.54) is 12.3 Å². The second-order valence-electron chi connectivity index (χ2n) is 6.59. The van der Waals surface area contributed by atoms with Crippen molar-refractivity contribution in [2.45, 2.75) is 33.6 Å². The van der Waals surface area contributed by atoms with Gasteiger partial charge < -0.3 is 10.5 Å². The van der Waals surface area contributed by atoms with Crippen LogP contribution in [0.1, 0.15) is 38.0 Å². The van der Waals surface area contributed by atoms with Gasteiger partial charge in [0.2, 0.25) is 0 Å². The van der Waals surface area contributed by atoms with E-state index in [0.29, 0.717) is 24.8 Å². The standard InChI is InChI=1S/C19H25F2N3O/c1-12(9-22)6-13(2)11-25-18-10-24-17(8-16(18)19(20)21)15-4-5-23-14(3)7-15/h4-5,7-8,10,12-13,19H,6,9,11,22H2,1-3H3. The van der Waals surface area contributed by atoms with Crippen LogP contribution in [0.4, 0.5) is 8.78 Å². The maximum Gasteiger partial charge on any atom is 0.267 e. The molecule has 2 aromatic rings. The number of hydrogen-bond acceptors (Lipinski definition) is 4. The van der Waals surface area contributed by atoms with Gasteiger partial charge in [-0.2, -0.15) is 0 Å². The van der Waals surface area contributed by atoms with Crippen LogP contribution in [-0.2, 0) is 0 Å². The van der Waals surface area contributed by atoms with Crippen molar-refractivity contribution >= 4 is 0 Å². The molecule has 2 atom stereocenters. The van der Waals surface area contributed by atoms with E-state index >= 15 is 0 Å². The lowest BCUT2D eigenvalue weighted by molar-refractivity contribution is 0.142. The maximum atomic E-state index is 13.5. The fraction of sp³-hybridized carbons (Fsp3) is 0.474. The molecule has 2 N–H and O–H groups in total. The van der Waals surface area contributed by atoms with Crippen molar-refractivity contribution in [1.82, 2.24) is 9.97 Å². The number of rotatable bonds is 8. The van der Waals surface area contributed by atoms with Gasteiger partial charge in [-0.25, -0.2) is 8.78 Å². The molecule has 2 rings (SSSR count). The number of alkyl halides is 2. The van der Waals surface area contributed by atoms with Gasteiger partial charge in [-0.3, -0.25) is 9.97 Å². The highest BCUT2D eigenvalue weighted by Gasteiger charge is 2.18. The Morgan fingerprint density at radius 1 is 1.16 bits per heavy atom. The molecule has 0 amide bonds. The van der Waals surface area contributed by atoms with Crippen molar-refractivity contribution in [2.75, 3.05) is 13.2 Å². The Labute approximate surface area is 147 Å². The predicted molar refractivity (Wildman–Crippen MR) is 94.7 cm³/mol. The topological polar surface area (TPSA) is 61.0 Å². The molecule has 0 fully saturated rings. The summed E-state index contributed by atoms with van der Waals surface area (Å²) in [6, 6.07) is 4.96. The Kier molecular flexibility index (Phi) is 6.82. The normalized spacial score (nSPS) is 13.7. The van der Waals surface area contributed by atoms with Crippen molar-refractivity contribution in [3.05, 3.63) is 41.9 Å². The van der Waals surface area contributed by atoms with Gasteiger partial charge in [0.25, 0.3) is 6.43 Å². The fourth-order valence-corrected chi connectivity index (χ4v) is 2.70. The number of aromatic nitrogens is 2. The first-order valence-electron chi connectivity index (χ1n) is 8.44. The van der Waals surface area contributed by atoms with Crippen LogP contribution in [0.5, 0.6) is 5.75 Å². The quantitative estimate of drug-likeness (QED) is 0.768. The summed E-state index contributed by atoms with van der Waals surface area (Å²) in [5, 5.41) is 0. The van der Waals surface area contributed by atoms with Crippen LogP contribution in [0.2, 0.25) is 0 Å². The van der Waals surface area contributed by atoms with Crippen molar-refractivity contribution < 1.29 is 13.5 Å². The lowest BCUT2D eigenvalue weighted by Gasteiger charge is -2.18. The average molecular weight is 349 g/mol. The lowest BCUT2D eigenvalue weighted by Crippen LogP contribution is -2.18. The Bertz CT molecular complexity index is 694. The summed E-state index contributed by atoms with van der Waals surface area (Å²) in [7, 11) is 0. The molecule has 0 radical (unpaired) electrons. The molecule has 2 unspecified atom stereocenters. The summed E-state index contributed by atoms with van der Waals surface area (Å²) < 4.78 is 32.5. The lowest BCUT2D eigenvalue weighted by atomic mass is 9.98. The zero-order chi connectivity index (χ0) is 18.4. The summed E-state index contributed by atoms with van der Waals surface area (Å²) in [6.07, 6.45) is 1.28. The third-order valence-electron chi connectivity index (χ3n) is 4.06. The second kappa shape index (κ2) is 8.85. The second-order valence-corrected chi connectivity index (χ2v) is 6.59. The van der Waals surface area contributed by atoms with Gasteiger partial charge in [-0.1, -0.05) is 13.8 Å². The molecule has 0 aromatic carbocycles. The molecule has 0 aliphatic heterocycles. The third kappa shape index (κ3) is 5.46. The van der Waals surface area contributed by atoms with Crippen molar-refractivity contribution in [1.29, 1.82) is 0 Å². The van der Waals surface area contributed by atoms with Crippen molar-refractivity contribution in [2.24, 2.45) is 17.6 Å². The number of nitrogens with two attached hydrogens (primary N) is 1. The number of hydrogen-bond donors (Lipinski definition) is 1. The number of nitrogens with zero attached hydrogens (tertiary/aromatic N) is 2. The van der Waals surface area contributed by atoms with E-state index in [1.807, 2.05) is 19.9 Å². The molecule has 4 nitrogen and oxygen atoms in total. The van der Waals surface area contributed by atoms with E-state index in [1.54, 1.807) is 12.3 Å². The van der Waals surface area contributed by atoms with Crippen LogP contribution in [0.3, 0.4) is 0 Å². The van der Waals surface area contributed by atoms with E-state index < -0.39 is 6.43 Å². The molecule has 2 heterocycles. The zero-order valence-corrected chi connectivity index (χ0v) is 14.9. The van der Waals surface area contributed by atoms with E-state index in [0.717, 1.165) is 17.7 Å². The summed E-state index contributed by atoms with van der Waals surface area (Å²) in [5.41, 5.74) is 7.53. The predicted octanol–water partition coefficient (Wildman–Crippen LogP) is 4.39. The fourth-order valence-electron chi connectivity index (χ4n) is 2.70. The molecule has 2 aromatic heterocycles. The molecule has 0 saturated carbocycles. The first-order valence-corrected chi connectivity index (χ1v) is 8.44. The first kappa shape index (κ1) is 19.2. The van der Waals surface area contributed by atoms with E-state index in [4.69, 9.17) is 10.5 Å². The molecule has 0 spiro atoms. The van der Waals surface area contributed by atoms with Gasteiger partial charge in [0, 0.05) is 17.5 Å². The molecule has 0 bridgehead atoms. The van der Waals surface area contributed by atoms with Crippen LogP contribution >= 0.6 is 0 Å². The molecule has 25 heavy (non-hydrogen) atoms. The van der Waals surface area contributed by atoms with Crippen LogP contribution in [-0.4, -0.2) is 23.1 Å². The van der Waals surface area contributed by atoms with Gasteiger partial charge in [-0.15, -0.1) is 0 Å². The Balaban J connectivity index is 2.16. The smallest absolute Gasteiger partial charge is 0.267 e. The third-order valence-corrected chi connectivity index (χ3v) is 4.06. The highest BCUT2D eigenvalue weighted by atomic mass is 19.3. The first-order chi connectivity index (χ1) is 11.9. The van der Waals surface area contributed by atoms with E-state index in [2.05, 4.69) is 16.9 Å². The number of ether oxygens (including phenoxy) is 1. The maximum absolute atomic E-state index is 13.5. The van der Waals surface area contributed by atoms with Gasteiger partial charge >= 0.3 is 0 Å². The van der Waals surface area contributed by atoms with Gasteiger partial charge in [0.15, 0.2) is 0 Å². The highest BCUT2D eigenvalue weighted by molar-refractivity contribution is 5.61. The Hall–Kier alpha value is -2.08. The minimum Gasteiger partial charge on any atom is -0.491 e. The minimum atomic E-state index is -2.63. The molecule has 0 saturated heterocycles. The van der Waals surface area contributed by atoms with Crippen LogP contribution in [0.15, 0.2) is 30.6 Å². The van der Waals surface area contributed by atoms with Crippen LogP contribution < -0.4 is 10.5 Å². The number of halogens is 2. The molecule has 0 aliphatic carbocycles. The van der Waals surface area contributed by atoms with E-state index in [-0.39, 0.29) is 17.2 Å². The van der Waals surface area contributed by atoms with Gasteiger partial charge in [0.05, 0.1) is 24.1 Å². The summed E-state index contributed by atoms with van der Waals surface area (Å²) in [5.74, 6) is 0.743. The molecular formula is C19H25F2N3O. The number of pyridine rings is 2. The van der Waals surface area contributed by atoms with Crippen LogP contribution in [0, 0.1) is 18.8 Å². The number of aryl methyl sites for hydroxylation is 1. The monoisotopic (exact) mass is 349 g/mol.